The Bertz CT molecular complexity index is 13.5. The van der Waals surface area contributed by atoms with E-state index < -0.39 is 0 Å². The maximum atomic E-state index is 4.76. The smallest absolute Gasteiger partial charge is 0 e. The summed E-state index contributed by atoms with van der Waals surface area (Å²) in [7, 11) is 0. The molecular weight excluding hydrogens is 66.4 g/mol. The van der Waals surface area contributed by atoms with E-state index in [-0.39, 0.29) is 18.9 Å². The minimum atomic E-state index is 0. The molecule has 0 aromatic carbocycles. The standard InChI is InChI=1S/C2H3Cl.Li/c1-2-3;/h2H,1H2;. The zero-order chi connectivity index (χ0) is 2.71. The van der Waals surface area contributed by atoms with Crippen LogP contribution >= 0.6 is 11.6 Å². The summed E-state index contributed by atoms with van der Waals surface area (Å²) >= 11 is 4.76. The maximum absolute atomic E-state index is 4.76. The van der Waals surface area contributed by atoms with Gasteiger partial charge in [-0.3, -0.25) is 0 Å². The quantitative estimate of drug-likeness (QED) is 0.372. The molecule has 0 aliphatic carbocycles. The Hall–Kier alpha value is 0.627. The van der Waals surface area contributed by atoms with E-state index in [0.29, 0.717) is 0 Å². The molecule has 0 spiro atoms. The Labute approximate surface area is 43.0 Å². The van der Waals surface area contributed by atoms with Gasteiger partial charge in [0.25, 0.3) is 0 Å². The number of hydrogen-bond acceptors (Lipinski definition) is 0. The molecule has 2 heteroatoms. The van der Waals surface area contributed by atoms with Crippen molar-refractivity contribution in [3.05, 3.63) is 12.1 Å². The van der Waals surface area contributed by atoms with Gasteiger partial charge in [-0.15, -0.1) is 0 Å². The topological polar surface area (TPSA) is 0 Å². The molecule has 0 aromatic heterocycles. The van der Waals surface area contributed by atoms with Gasteiger partial charge in [-0.25, -0.2) is 0 Å². The Morgan fingerprint density at radius 2 is 1.75 bits per heavy atom. The molecule has 0 nitrogen and oxygen atoms in total. The molecule has 0 rings (SSSR count). The minimum absolute atomic E-state index is 0. The van der Waals surface area contributed by atoms with Crippen LogP contribution in [0.1, 0.15) is 0 Å². The third-order valence-electron chi connectivity index (χ3n) is 0. The van der Waals surface area contributed by atoms with Crippen LogP contribution in [0.5, 0.6) is 0 Å². The van der Waals surface area contributed by atoms with E-state index in [1.165, 1.54) is 5.54 Å². The van der Waals surface area contributed by atoms with E-state index in [0.717, 1.165) is 0 Å². The van der Waals surface area contributed by atoms with Gasteiger partial charge in [0.1, 0.15) is 0 Å². The first-order valence-electron chi connectivity index (χ1n) is 0.626. The van der Waals surface area contributed by atoms with Crippen LogP contribution in [0.15, 0.2) is 12.1 Å². The molecule has 0 heterocycles. The Morgan fingerprint density at radius 3 is 1.75 bits per heavy atom. The molecule has 0 aliphatic rings. The van der Waals surface area contributed by atoms with Crippen molar-refractivity contribution in [3.63, 3.8) is 0 Å². The van der Waals surface area contributed by atoms with E-state index in [4.69, 9.17) is 11.6 Å². The van der Waals surface area contributed by atoms with Gasteiger partial charge in [-0.05, 0) is 5.54 Å². The van der Waals surface area contributed by atoms with Crippen LogP contribution in [-0.4, -0.2) is 18.9 Å². The third kappa shape index (κ3) is 17.7. The van der Waals surface area contributed by atoms with Crippen molar-refractivity contribution in [2.45, 2.75) is 0 Å². The summed E-state index contributed by atoms with van der Waals surface area (Å²) in [4.78, 5) is 0. The largest absolute Gasteiger partial charge is 0.0936 e. The van der Waals surface area contributed by atoms with Crippen molar-refractivity contribution >= 4 is 30.5 Å². The van der Waals surface area contributed by atoms with Crippen molar-refractivity contribution in [3.8, 4) is 0 Å². The number of rotatable bonds is 0. The molecular formula is C2H3ClLi. The monoisotopic (exact) mass is 69.0 g/mol. The fourth-order valence-corrected chi connectivity index (χ4v) is 0. The van der Waals surface area contributed by atoms with Crippen LogP contribution in [0.4, 0.5) is 0 Å². The fourth-order valence-electron chi connectivity index (χ4n) is 0. The second-order valence-corrected chi connectivity index (χ2v) is 0.463. The zero-order valence-electron chi connectivity index (χ0n) is 2.66. The second-order valence-electron chi connectivity index (χ2n) is 0.154. The van der Waals surface area contributed by atoms with Gasteiger partial charge in [0.2, 0.25) is 0 Å². The van der Waals surface area contributed by atoms with Crippen LogP contribution in [0.2, 0.25) is 0 Å². The molecule has 0 atom stereocenters. The summed E-state index contributed by atoms with van der Waals surface area (Å²) in [5.74, 6) is 0. The molecule has 0 aromatic rings. The molecule has 0 fully saturated rings. The molecule has 0 bridgehead atoms. The molecule has 0 N–H and O–H groups in total. The SMILES string of the molecule is C=CCl.[Li]. The predicted molar refractivity (Wildman–Crippen MR) is 21.8 cm³/mol. The fraction of sp³-hybridized carbons (Fsp3) is 0. The Kier molecular flexibility index (Phi) is 20.8. The van der Waals surface area contributed by atoms with Crippen LogP contribution in [-0.2, 0) is 0 Å². The molecule has 0 saturated carbocycles. The van der Waals surface area contributed by atoms with Gasteiger partial charge < -0.3 is 0 Å². The van der Waals surface area contributed by atoms with E-state index in [1.807, 2.05) is 0 Å². The summed E-state index contributed by atoms with van der Waals surface area (Å²) < 4.78 is 0. The molecule has 1 radical (unpaired) electrons. The molecule has 0 aliphatic heterocycles. The van der Waals surface area contributed by atoms with Crippen molar-refractivity contribution in [2.24, 2.45) is 0 Å². The molecule has 0 unspecified atom stereocenters. The Morgan fingerprint density at radius 1 is 1.75 bits per heavy atom. The van der Waals surface area contributed by atoms with Gasteiger partial charge in [0.15, 0.2) is 0 Å². The average molecular weight is 69.4 g/mol. The van der Waals surface area contributed by atoms with Gasteiger partial charge in [0, 0.05) is 18.9 Å². The van der Waals surface area contributed by atoms with Gasteiger partial charge in [-0.2, -0.15) is 0 Å². The van der Waals surface area contributed by atoms with Crippen molar-refractivity contribution in [1.82, 2.24) is 0 Å². The average Bonchev–Trinajstić information content (AvgIpc) is 0.918. The van der Waals surface area contributed by atoms with Crippen LogP contribution < -0.4 is 0 Å². The molecule has 0 saturated heterocycles. The van der Waals surface area contributed by atoms with Gasteiger partial charge >= 0.3 is 0 Å². The summed E-state index contributed by atoms with van der Waals surface area (Å²) in [5, 5.41) is 0. The number of halogens is 1. The first kappa shape index (κ1) is 8.82. The van der Waals surface area contributed by atoms with Crippen molar-refractivity contribution in [1.29, 1.82) is 0 Å². The minimum Gasteiger partial charge on any atom is -0.0936 e. The van der Waals surface area contributed by atoms with Gasteiger partial charge in [0.05, 0.1) is 0 Å². The van der Waals surface area contributed by atoms with Crippen LogP contribution in [0, 0.1) is 0 Å². The van der Waals surface area contributed by atoms with Crippen LogP contribution in [0.3, 0.4) is 0 Å². The summed E-state index contributed by atoms with van der Waals surface area (Å²) in [6.07, 6.45) is 0. The molecule has 19 valence electrons. The number of hydrogen-bond donors (Lipinski definition) is 0. The van der Waals surface area contributed by atoms with Crippen molar-refractivity contribution in [2.75, 3.05) is 0 Å². The maximum Gasteiger partial charge on any atom is 0 e. The van der Waals surface area contributed by atoms with Gasteiger partial charge in [-0.1, -0.05) is 18.2 Å². The first-order valence-corrected chi connectivity index (χ1v) is 1.06. The second kappa shape index (κ2) is 9.45. The summed E-state index contributed by atoms with van der Waals surface area (Å²) in [6, 6.07) is 0. The normalized spacial score (nSPS) is 3.25. The summed E-state index contributed by atoms with van der Waals surface area (Å²) in [6.45, 7) is 3.13. The summed E-state index contributed by atoms with van der Waals surface area (Å²) in [5.41, 5.74) is 1.22. The Balaban J connectivity index is 0. The zero-order valence-corrected chi connectivity index (χ0v) is 3.42. The predicted octanol–water partition coefficient (Wildman–Crippen LogP) is 0.988. The van der Waals surface area contributed by atoms with E-state index in [1.54, 1.807) is 0 Å². The third-order valence-corrected chi connectivity index (χ3v) is 0. The van der Waals surface area contributed by atoms with Crippen molar-refractivity contribution < 1.29 is 0 Å². The van der Waals surface area contributed by atoms with Crippen LogP contribution in [0.25, 0.3) is 0 Å². The molecule has 0 amide bonds. The van der Waals surface area contributed by atoms with E-state index in [2.05, 4.69) is 6.58 Å². The van der Waals surface area contributed by atoms with E-state index in [9.17, 15) is 0 Å². The molecule has 4 heavy (non-hydrogen) atoms. The van der Waals surface area contributed by atoms with E-state index >= 15 is 0 Å². The first-order chi connectivity index (χ1) is 1.41.